The van der Waals surface area contributed by atoms with Gasteiger partial charge in [-0.05, 0) is 24.3 Å². The van der Waals surface area contributed by atoms with E-state index in [1.807, 2.05) is 25.1 Å². The van der Waals surface area contributed by atoms with Crippen molar-refractivity contribution in [2.45, 2.75) is 44.8 Å². The molecule has 1 heterocycles. The van der Waals surface area contributed by atoms with Gasteiger partial charge in [0.15, 0.2) is 6.17 Å². The van der Waals surface area contributed by atoms with Crippen molar-refractivity contribution in [3.8, 4) is 0 Å². The SMILES string of the molecule is CC(CC(C)(C)c1ccccc1)NC(=O)C1NNC(=O)N1. The molecule has 2 rings (SSSR count). The molecule has 21 heavy (non-hydrogen) atoms. The van der Waals surface area contributed by atoms with Crippen molar-refractivity contribution in [1.29, 1.82) is 0 Å². The summed E-state index contributed by atoms with van der Waals surface area (Å²) in [5.74, 6) is -0.246. The van der Waals surface area contributed by atoms with Crippen molar-refractivity contribution >= 4 is 11.9 Å². The lowest BCUT2D eigenvalue weighted by atomic mass is 9.79. The molecule has 1 aromatic carbocycles. The average molecular weight is 290 g/mol. The Morgan fingerprint density at radius 2 is 2.00 bits per heavy atom. The van der Waals surface area contributed by atoms with E-state index in [0.29, 0.717) is 0 Å². The molecule has 1 saturated heterocycles. The zero-order chi connectivity index (χ0) is 15.5. The number of benzene rings is 1. The molecule has 6 nitrogen and oxygen atoms in total. The first-order valence-corrected chi connectivity index (χ1v) is 7.06. The number of carbonyl (C=O) groups excluding carboxylic acids is 2. The lowest BCUT2D eigenvalue weighted by molar-refractivity contribution is -0.124. The molecule has 2 unspecified atom stereocenters. The molecule has 6 heteroatoms. The summed E-state index contributed by atoms with van der Waals surface area (Å²) >= 11 is 0. The second-order valence-electron chi connectivity index (χ2n) is 6.04. The number of urea groups is 1. The third-order valence-electron chi connectivity index (χ3n) is 3.63. The van der Waals surface area contributed by atoms with E-state index >= 15 is 0 Å². The second-order valence-corrected chi connectivity index (χ2v) is 6.04. The van der Waals surface area contributed by atoms with Gasteiger partial charge in [-0.2, -0.15) is 0 Å². The van der Waals surface area contributed by atoms with Crippen LogP contribution in [-0.4, -0.2) is 24.1 Å². The van der Waals surface area contributed by atoms with E-state index in [4.69, 9.17) is 0 Å². The Morgan fingerprint density at radius 3 is 2.57 bits per heavy atom. The van der Waals surface area contributed by atoms with Crippen molar-refractivity contribution in [3.63, 3.8) is 0 Å². The molecule has 3 amide bonds. The summed E-state index contributed by atoms with van der Waals surface area (Å²) in [4.78, 5) is 23.0. The normalized spacial score (nSPS) is 19.6. The first-order valence-electron chi connectivity index (χ1n) is 7.06. The van der Waals surface area contributed by atoms with Crippen LogP contribution in [0.3, 0.4) is 0 Å². The van der Waals surface area contributed by atoms with Gasteiger partial charge in [0.1, 0.15) is 0 Å². The van der Waals surface area contributed by atoms with Crippen molar-refractivity contribution in [2.75, 3.05) is 0 Å². The van der Waals surface area contributed by atoms with Crippen molar-refractivity contribution < 1.29 is 9.59 Å². The van der Waals surface area contributed by atoms with Crippen molar-refractivity contribution in [3.05, 3.63) is 35.9 Å². The second kappa shape index (κ2) is 6.13. The largest absolute Gasteiger partial charge is 0.351 e. The maximum Gasteiger partial charge on any atom is 0.330 e. The van der Waals surface area contributed by atoms with Crippen LogP contribution in [0.5, 0.6) is 0 Å². The monoisotopic (exact) mass is 290 g/mol. The average Bonchev–Trinajstić information content (AvgIpc) is 2.86. The Kier molecular flexibility index (Phi) is 4.47. The van der Waals surface area contributed by atoms with Gasteiger partial charge in [-0.1, -0.05) is 44.2 Å². The minimum atomic E-state index is -0.722. The van der Waals surface area contributed by atoms with Crippen LogP contribution in [-0.2, 0) is 10.2 Å². The summed E-state index contributed by atoms with van der Waals surface area (Å²) in [7, 11) is 0. The summed E-state index contributed by atoms with van der Waals surface area (Å²) in [6.07, 6.45) is 0.0800. The topological polar surface area (TPSA) is 82.3 Å². The number of nitrogens with one attached hydrogen (secondary N) is 4. The maximum atomic E-state index is 12.0. The third kappa shape index (κ3) is 3.95. The molecule has 1 fully saturated rings. The summed E-state index contributed by atoms with van der Waals surface area (Å²) in [6, 6.07) is 9.81. The number of hydrogen-bond donors (Lipinski definition) is 4. The molecule has 1 aromatic rings. The highest BCUT2D eigenvalue weighted by atomic mass is 16.2. The zero-order valence-electron chi connectivity index (χ0n) is 12.6. The molecule has 1 aliphatic heterocycles. The van der Waals surface area contributed by atoms with Crippen LogP contribution in [0.2, 0.25) is 0 Å². The van der Waals surface area contributed by atoms with E-state index in [9.17, 15) is 9.59 Å². The molecule has 0 aromatic heterocycles. The van der Waals surface area contributed by atoms with Crippen LogP contribution in [0.25, 0.3) is 0 Å². The van der Waals surface area contributed by atoms with Gasteiger partial charge in [0.2, 0.25) is 0 Å². The molecule has 4 N–H and O–H groups in total. The van der Waals surface area contributed by atoms with Crippen LogP contribution in [0.4, 0.5) is 4.79 Å². The molecular formula is C15H22N4O2. The van der Waals surface area contributed by atoms with E-state index in [-0.39, 0.29) is 17.4 Å². The first kappa shape index (κ1) is 15.3. The Balaban J connectivity index is 1.90. The highest BCUT2D eigenvalue weighted by Crippen LogP contribution is 2.28. The van der Waals surface area contributed by atoms with Gasteiger partial charge in [-0.25, -0.2) is 10.2 Å². The maximum absolute atomic E-state index is 12.0. The highest BCUT2D eigenvalue weighted by molar-refractivity contribution is 5.89. The third-order valence-corrected chi connectivity index (χ3v) is 3.63. The predicted octanol–water partition coefficient (Wildman–Crippen LogP) is 1.00. The lowest BCUT2D eigenvalue weighted by Crippen LogP contribution is -2.51. The molecule has 1 aliphatic rings. The standard InChI is InChI=1S/C15H22N4O2/c1-10(16-13(20)12-17-14(21)19-18-12)9-15(2,3)11-7-5-4-6-8-11/h4-8,10,12,18H,9H2,1-3H3,(H,16,20)(H2,17,19,21). The van der Waals surface area contributed by atoms with E-state index in [2.05, 4.69) is 47.5 Å². The van der Waals surface area contributed by atoms with Crippen LogP contribution in [0.1, 0.15) is 32.8 Å². The smallest absolute Gasteiger partial charge is 0.330 e. The number of hydrogen-bond acceptors (Lipinski definition) is 3. The summed E-state index contributed by atoms with van der Waals surface area (Å²) in [5, 5.41) is 5.39. The zero-order valence-corrected chi connectivity index (χ0v) is 12.6. The molecular weight excluding hydrogens is 268 g/mol. The molecule has 114 valence electrons. The van der Waals surface area contributed by atoms with Gasteiger partial charge in [0.25, 0.3) is 5.91 Å². The van der Waals surface area contributed by atoms with E-state index in [0.717, 1.165) is 6.42 Å². The highest BCUT2D eigenvalue weighted by Gasteiger charge is 2.29. The van der Waals surface area contributed by atoms with E-state index < -0.39 is 12.2 Å². The number of rotatable bonds is 5. The summed E-state index contributed by atoms with van der Waals surface area (Å²) in [6.45, 7) is 6.27. The van der Waals surface area contributed by atoms with Gasteiger partial charge in [0, 0.05) is 6.04 Å². The first-order chi connectivity index (χ1) is 9.88. The van der Waals surface area contributed by atoms with Crippen molar-refractivity contribution in [1.82, 2.24) is 21.5 Å². The van der Waals surface area contributed by atoms with Gasteiger partial charge >= 0.3 is 6.03 Å². The van der Waals surface area contributed by atoms with Crippen LogP contribution >= 0.6 is 0 Å². The fourth-order valence-corrected chi connectivity index (χ4v) is 2.62. The van der Waals surface area contributed by atoms with Gasteiger partial charge < -0.3 is 10.6 Å². The molecule has 0 spiro atoms. The number of amides is 3. The van der Waals surface area contributed by atoms with Crippen LogP contribution in [0, 0.1) is 0 Å². The lowest BCUT2D eigenvalue weighted by Gasteiger charge is -2.29. The minimum absolute atomic E-state index is 0.00740. The summed E-state index contributed by atoms with van der Waals surface area (Å²) in [5.41, 5.74) is 6.11. The van der Waals surface area contributed by atoms with E-state index in [1.165, 1.54) is 5.56 Å². The fraction of sp³-hybridized carbons (Fsp3) is 0.467. The Bertz CT molecular complexity index is 516. The Labute approximate surface area is 124 Å². The van der Waals surface area contributed by atoms with Gasteiger partial charge in [-0.15, -0.1) is 0 Å². The van der Waals surface area contributed by atoms with Crippen LogP contribution < -0.4 is 21.5 Å². The molecule has 0 bridgehead atoms. The van der Waals surface area contributed by atoms with Gasteiger partial charge in [-0.3, -0.25) is 10.2 Å². The minimum Gasteiger partial charge on any atom is -0.351 e. The summed E-state index contributed by atoms with van der Waals surface area (Å²) < 4.78 is 0. The molecule has 2 atom stereocenters. The Hall–Kier alpha value is -2.08. The van der Waals surface area contributed by atoms with Crippen molar-refractivity contribution in [2.24, 2.45) is 0 Å². The fourth-order valence-electron chi connectivity index (χ4n) is 2.62. The molecule has 0 radical (unpaired) electrons. The number of carbonyl (C=O) groups is 2. The van der Waals surface area contributed by atoms with Crippen LogP contribution in [0.15, 0.2) is 30.3 Å². The Morgan fingerprint density at radius 1 is 1.33 bits per heavy atom. The molecule has 0 aliphatic carbocycles. The predicted molar refractivity (Wildman–Crippen MR) is 80.3 cm³/mol. The van der Waals surface area contributed by atoms with Gasteiger partial charge in [0.05, 0.1) is 0 Å². The van der Waals surface area contributed by atoms with E-state index in [1.54, 1.807) is 0 Å². The quantitative estimate of drug-likeness (QED) is 0.653. The molecule has 0 saturated carbocycles. The number of hydrazine groups is 1.